The SMILES string of the molecule is Cc1cccnc1-c1nnc(SCC(=O)O)n1C1CC1. The zero-order valence-corrected chi connectivity index (χ0v) is 11.8. The van der Waals surface area contributed by atoms with Crippen LogP contribution >= 0.6 is 11.8 Å². The Hall–Kier alpha value is -1.89. The van der Waals surface area contributed by atoms with Crippen LogP contribution in [0.5, 0.6) is 0 Å². The zero-order valence-electron chi connectivity index (χ0n) is 11.0. The number of aliphatic carboxylic acids is 1. The Bertz CT molecular complexity index is 652. The minimum absolute atomic E-state index is 0.00788. The molecule has 2 aromatic rings. The number of aryl methyl sites for hydroxylation is 1. The van der Waals surface area contributed by atoms with Crippen LogP contribution in [0.3, 0.4) is 0 Å². The number of hydrogen-bond donors (Lipinski definition) is 1. The minimum Gasteiger partial charge on any atom is -0.481 e. The lowest BCUT2D eigenvalue weighted by Crippen LogP contribution is -2.04. The summed E-state index contributed by atoms with van der Waals surface area (Å²) in [6.45, 7) is 1.98. The zero-order chi connectivity index (χ0) is 14.1. The summed E-state index contributed by atoms with van der Waals surface area (Å²) in [6, 6.07) is 4.24. The second-order valence-corrected chi connectivity index (χ2v) is 5.70. The molecule has 0 aromatic carbocycles. The molecule has 0 amide bonds. The fourth-order valence-electron chi connectivity index (χ4n) is 2.04. The van der Waals surface area contributed by atoms with Gasteiger partial charge in [0.15, 0.2) is 11.0 Å². The molecule has 1 fully saturated rings. The van der Waals surface area contributed by atoms with Crippen molar-refractivity contribution >= 4 is 17.7 Å². The molecule has 6 nitrogen and oxygen atoms in total. The molecule has 0 saturated heterocycles. The molecule has 2 heterocycles. The van der Waals surface area contributed by atoms with Gasteiger partial charge in [0.25, 0.3) is 0 Å². The van der Waals surface area contributed by atoms with Crippen molar-refractivity contribution in [1.82, 2.24) is 19.7 Å². The van der Waals surface area contributed by atoms with Crippen molar-refractivity contribution in [3.05, 3.63) is 23.9 Å². The summed E-state index contributed by atoms with van der Waals surface area (Å²) < 4.78 is 2.03. The predicted molar refractivity (Wildman–Crippen MR) is 74.6 cm³/mol. The number of nitrogens with zero attached hydrogens (tertiary/aromatic N) is 4. The fourth-order valence-corrected chi connectivity index (χ4v) is 2.77. The number of carboxylic acids is 1. The standard InChI is InChI=1S/C13H14N4O2S/c1-8-3-2-6-14-11(8)12-15-16-13(20-7-10(18)19)17(12)9-4-5-9/h2-3,6,9H,4-5,7H2,1H3,(H,18,19). The van der Waals surface area contributed by atoms with Crippen molar-refractivity contribution in [2.45, 2.75) is 31.0 Å². The largest absolute Gasteiger partial charge is 0.481 e. The molecule has 1 saturated carbocycles. The third-order valence-electron chi connectivity index (χ3n) is 3.12. The van der Waals surface area contributed by atoms with Crippen LogP contribution in [0.1, 0.15) is 24.4 Å². The van der Waals surface area contributed by atoms with Gasteiger partial charge in [0.05, 0.1) is 5.75 Å². The Balaban J connectivity index is 1.99. The molecule has 0 aliphatic heterocycles. The maximum Gasteiger partial charge on any atom is 0.313 e. The van der Waals surface area contributed by atoms with Gasteiger partial charge in [-0.05, 0) is 31.4 Å². The number of aromatic nitrogens is 4. The average Bonchev–Trinajstić information content (AvgIpc) is 3.17. The first-order valence-electron chi connectivity index (χ1n) is 6.38. The van der Waals surface area contributed by atoms with Gasteiger partial charge in [-0.1, -0.05) is 17.8 Å². The summed E-state index contributed by atoms with van der Waals surface area (Å²) >= 11 is 1.21. The molecule has 7 heteroatoms. The molecule has 104 valence electrons. The van der Waals surface area contributed by atoms with Gasteiger partial charge >= 0.3 is 5.97 Å². The van der Waals surface area contributed by atoms with E-state index in [9.17, 15) is 4.79 Å². The van der Waals surface area contributed by atoms with Crippen LogP contribution in [-0.4, -0.2) is 36.6 Å². The normalized spacial score (nSPS) is 14.4. The van der Waals surface area contributed by atoms with Gasteiger partial charge in [0, 0.05) is 12.2 Å². The third kappa shape index (κ3) is 2.53. The second-order valence-electron chi connectivity index (χ2n) is 4.76. The fraction of sp³-hybridized carbons (Fsp3) is 0.385. The Morgan fingerprint density at radius 3 is 2.95 bits per heavy atom. The predicted octanol–water partition coefficient (Wildman–Crippen LogP) is 2.16. The molecule has 2 aromatic heterocycles. The molecule has 1 aliphatic rings. The van der Waals surface area contributed by atoms with E-state index in [1.165, 1.54) is 11.8 Å². The smallest absolute Gasteiger partial charge is 0.313 e. The summed E-state index contributed by atoms with van der Waals surface area (Å²) in [5.41, 5.74) is 1.85. The van der Waals surface area contributed by atoms with E-state index < -0.39 is 5.97 Å². The van der Waals surface area contributed by atoms with Crippen LogP contribution < -0.4 is 0 Å². The highest BCUT2D eigenvalue weighted by atomic mass is 32.2. The van der Waals surface area contributed by atoms with Gasteiger partial charge in [-0.15, -0.1) is 10.2 Å². The van der Waals surface area contributed by atoms with Gasteiger partial charge in [-0.25, -0.2) is 0 Å². The molecule has 1 N–H and O–H groups in total. The van der Waals surface area contributed by atoms with Crippen LogP contribution in [0, 0.1) is 6.92 Å². The van der Waals surface area contributed by atoms with Gasteiger partial charge in [0.2, 0.25) is 0 Å². The number of carbonyl (C=O) groups is 1. The summed E-state index contributed by atoms with van der Waals surface area (Å²) in [4.78, 5) is 15.1. The van der Waals surface area contributed by atoms with E-state index in [0.717, 1.165) is 29.9 Å². The lowest BCUT2D eigenvalue weighted by atomic mass is 10.2. The molecule has 0 spiro atoms. The van der Waals surface area contributed by atoms with Crippen LogP contribution in [0.2, 0.25) is 0 Å². The van der Waals surface area contributed by atoms with Crippen LogP contribution in [0.15, 0.2) is 23.5 Å². The number of carboxylic acid groups (broad SMARTS) is 1. The monoisotopic (exact) mass is 290 g/mol. The molecular formula is C13H14N4O2S. The Morgan fingerprint density at radius 2 is 2.30 bits per heavy atom. The van der Waals surface area contributed by atoms with E-state index in [1.807, 2.05) is 23.6 Å². The van der Waals surface area contributed by atoms with Crippen LogP contribution in [-0.2, 0) is 4.79 Å². The van der Waals surface area contributed by atoms with E-state index in [0.29, 0.717) is 11.2 Å². The molecular weight excluding hydrogens is 276 g/mol. The Morgan fingerprint density at radius 1 is 1.50 bits per heavy atom. The van der Waals surface area contributed by atoms with Gasteiger partial charge in [-0.3, -0.25) is 14.3 Å². The minimum atomic E-state index is -0.851. The first-order valence-corrected chi connectivity index (χ1v) is 7.37. The molecule has 3 rings (SSSR count). The van der Waals surface area contributed by atoms with Crippen molar-refractivity contribution < 1.29 is 9.90 Å². The summed E-state index contributed by atoms with van der Waals surface area (Å²) in [5.74, 6) is -0.124. The van der Waals surface area contributed by atoms with Gasteiger partial charge < -0.3 is 5.11 Å². The van der Waals surface area contributed by atoms with Crippen molar-refractivity contribution in [1.29, 1.82) is 0 Å². The lowest BCUT2D eigenvalue weighted by molar-refractivity contribution is -0.133. The lowest BCUT2D eigenvalue weighted by Gasteiger charge is -2.08. The van der Waals surface area contributed by atoms with E-state index in [1.54, 1.807) is 6.20 Å². The molecule has 1 aliphatic carbocycles. The van der Waals surface area contributed by atoms with E-state index in [4.69, 9.17) is 5.11 Å². The average molecular weight is 290 g/mol. The van der Waals surface area contributed by atoms with Gasteiger partial charge in [0.1, 0.15) is 5.69 Å². The molecule has 0 unspecified atom stereocenters. The Labute approximate surface area is 120 Å². The van der Waals surface area contributed by atoms with Gasteiger partial charge in [-0.2, -0.15) is 0 Å². The quantitative estimate of drug-likeness (QED) is 0.850. The maximum atomic E-state index is 10.7. The van der Waals surface area contributed by atoms with Crippen molar-refractivity contribution in [3.63, 3.8) is 0 Å². The summed E-state index contributed by atoms with van der Waals surface area (Å²) in [5, 5.41) is 17.8. The first-order chi connectivity index (χ1) is 9.66. The maximum absolute atomic E-state index is 10.7. The van der Waals surface area contributed by atoms with Crippen molar-refractivity contribution in [2.24, 2.45) is 0 Å². The highest BCUT2D eigenvalue weighted by Gasteiger charge is 2.31. The molecule has 0 atom stereocenters. The van der Waals surface area contributed by atoms with Crippen LogP contribution in [0.25, 0.3) is 11.5 Å². The number of thioether (sulfide) groups is 1. The summed E-state index contributed by atoms with van der Waals surface area (Å²) in [6.07, 6.45) is 3.90. The highest BCUT2D eigenvalue weighted by molar-refractivity contribution is 7.99. The second kappa shape index (κ2) is 5.24. The first kappa shape index (κ1) is 13.1. The summed E-state index contributed by atoms with van der Waals surface area (Å²) in [7, 11) is 0. The Kier molecular flexibility index (Phi) is 3.43. The number of rotatable bonds is 5. The third-order valence-corrected chi connectivity index (χ3v) is 4.05. The van der Waals surface area contributed by atoms with E-state index >= 15 is 0 Å². The van der Waals surface area contributed by atoms with Crippen LogP contribution in [0.4, 0.5) is 0 Å². The van der Waals surface area contributed by atoms with E-state index in [2.05, 4.69) is 15.2 Å². The molecule has 0 bridgehead atoms. The van der Waals surface area contributed by atoms with Crippen molar-refractivity contribution in [3.8, 4) is 11.5 Å². The number of pyridine rings is 1. The topological polar surface area (TPSA) is 80.9 Å². The number of hydrogen-bond acceptors (Lipinski definition) is 5. The molecule has 0 radical (unpaired) electrons. The van der Waals surface area contributed by atoms with Crippen molar-refractivity contribution in [2.75, 3.05) is 5.75 Å². The molecule has 20 heavy (non-hydrogen) atoms. The highest BCUT2D eigenvalue weighted by Crippen LogP contribution is 2.41. The van der Waals surface area contributed by atoms with E-state index in [-0.39, 0.29) is 5.75 Å².